The van der Waals surface area contributed by atoms with Gasteiger partial charge in [-0.1, -0.05) is 12.8 Å². The minimum Gasteiger partial charge on any atom is -0.396 e. The Labute approximate surface area is 124 Å². The van der Waals surface area contributed by atoms with E-state index >= 15 is 0 Å². The Bertz CT molecular complexity index is 377. The lowest BCUT2D eigenvalue weighted by molar-refractivity contribution is -0.137. The Morgan fingerprint density at radius 2 is 2.20 bits per heavy atom. The molecular weight excluding hydrogens is 276 g/mol. The van der Waals surface area contributed by atoms with Gasteiger partial charge >= 0.3 is 0 Å². The molecule has 0 bridgehead atoms. The first-order valence-corrected chi connectivity index (χ1v) is 8.42. The fraction of sp³-hybridized carbons (Fsp3) is 0.857. The predicted molar refractivity (Wildman–Crippen MR) is 79.3 cm³/mol. The molecule has 0 aromatic carbocycles. The van der Waals surface area contributed by atoms with Crippen LogP contribution in [0, 0.1) is 0 Å². The number of hydrogen-bond acceptors (Lipinski definition) is 4. The SMILES string of the molecule is CC12CCC(=O)N1C(C(=O)NCCCCCCO)CS2. The van der Waals surface area contributed by atoms with E-state index in [1.54, 1.807) is 16.7 Å². The average Bonchev–Trinajstić information content (AvgIpc) is 2.91. The van der Waals surface area contributed by atoms with Gasteiger partial charge in [0.25, 0.3) is 0 Å². The molecule has 0 radical (unpaired) electrons. The number of thioether (sulfide) groups is 1. The molecule has 0 spiro atoms. The molecule has 2 aliphatic heterocycles. The first-order valence-electron chi connectivity index (χ1n) is 7.43. The van der Waals surface area contributed by atoms with E-state index in [0.29, 0.717) is 18.7 Å². The molecule has 0 aromatic heterocycles. The van der Waals surface area contributed by atoms with E-state index in [-0.39, 0.29) is 29.3 Å². The Kier molecular flexibility index (Phi) is 5.32. The van der Waals surface area contributed by atoms with Crippen LogP contribution >= 0.6 is 11.8 Å². The van der Waals surface area contributed by atoms with Crippen molar-refractivity contribution in [3.05, 3.63) is 0 Å². The van der Waals surface area contributed by atoms with Gasteiger partial charge in [-0.25, -0.2) is 0 Å². The van der Waals surface area contributed by atoms with Gasteiger partial charge in [-0.15, -0.1) is 11.8 Å². The number of unbranched alkanes of at least 4 members (excludes halogenated alkanes) is 3. The Morgan fingerprint density at radius 3 is 2.95 bits per heavy atom. The van der Waals surface area contributed by atoms with E-state index in [1.165, 1.54) is 0 Å². The van der Waals surface area contributed by atoms with E-state index in [1.807, 2.05) is 0 Å². The Hall–Kier alpha value is -0.750. The van der Waals surface area contributed by atoms with E-state index in [2.05, 4.69) is 12.2 Å². The quantitative estimate of drug-likeness (QED) is 0.691. The smallest absolute Gasteiger partial charge is 0.243 e. The highest BCUT2D eigenvalue weighted by Crippen LogP contribution is 2.47. The summed E-state index contributed by atoms with van der Waals surface area (Å²) >= 11 is 1.72. The summed E-state index contributed by atoms with van der Waals surface area (Å²) in [6.45, 7) is 2.95. The zero-order valence-corrected chi connectivity index (χ0v) is 12.9. The van der Waals surface area contributed by atoms with Crippen molar-refractivity contribution in [2.24, 2.45) is 0 Å². The van der Waals surface area contributed by atoms with Gasteiger partial charge in [0.1, 0.15) is 6.04 Å². The van der Waals surface area contributed by atoms with Crippen molar-refractivity contribution in [2.45, 2.75) is 56.4 Å². The maximum atomic E-state index is 12.2. The number of hydrogen-bond donors (Lipinski definition) is 2. The number of aliphatic hydroxyl groups is 1. The molecule has 2 heterocycles. The minimum absolute atomic E-state index is 0.0152. The molecule has 2 atom stereocenters. The normalized spacial score (nSPS) is 28.8. The minimum atomic E-state index is -0.294. The van der Waals surface area contributed by atoms with E-state index in [4.69, 9.17) is 5.11 Å². The second-order valence-electron chi connectivity index (χ2n) is 5.69. The number of nitrogens with zero attached hydrogens (tertiary/aromatic N) is 1. The summed E-state index contributed by atoms with van der Waals surface area (Å²) < 4.78 is 0. The van der Waals surface area contributed by atoms with E-state index in [9.17, 15) is 9.59 Å². The number of nitrogens with one attached hydrogen (secondary N) is 1. The first kappa shape index (κ1) is 15.6. The highest BCUT2D eigenvalue weighted by atomic mass is 32.2. The molecule has 0 aromatic rings. The number of fused-ring (bicyclic) bond motifs is 1. The third-order valence-corrected chi connectivity index (χ3v) is 5.64. The van der Waals surface area contributed by atoms with Crippen molar-refractivity contribution >= 4 is 23.6 Å². The summed E-state index contributed by atoms with van der Waals surface area (Å²) in [4.78, 5) is 25.8. The van der Waals surface area contributed by atoms with Gasteiger partial charge < -0.3 is 15.3 Å². The first-order chi connectivity index (χ1) is 9.58. The lowest BCUT2D eigenvalue weighted by atomic mass is 10.2. The van der Waals surface area contributed by atoms with Gasteiger partial charge in [-0.2, -0.15) is 0 Å². The summed E-state index contributed by atoms with van der Waals surface area (Å²) in [5.41, 5.74) is 0. The molecule has 2 amide bonds. The van der Waals surface area contributed by atoms with Crippen LogP contribution < -0.4 is 5.32 Å². The largest absolute Gasteiger partial charge is 0.396 e. The number of rotatable bonds is 7. The van der Waals surface area contributed by atoms with Crippen molar-refractivity contribution in [1.82, 2.24) is 10.2 Å². The predicted octanol–water partition coefficient (Wildman–Crippen LogP) is 1.11. The highest BCUT2D eigenvalue weighted by molar-refractivity contribution is 8.01. The van der Waals surface area contributed by atoms with Crippen LogP contribution in [-0.4, -0.2) is 51.6 Å². The molecule has 5 nitrogen and oxygen atoms in total. The molecule has 2 aliphatic rings. The molecular formula is C14H24N2O3S. The molecule has 2 N–H and O–H groups in total. The zero-order chi connectivity index (χ0) is 14.6. The van der Waals surface area contributed by atoms with Gasteiger partial charge in [0.2, 0.25) is 11.8 Å². The Balaban J connectivity index is 1.74. The molecule has 114 valence electrons. The average molecular weight is 300 g/mol. The van der Waals surface area contributed by atoms with Crippen molar-refractivity contribution in [3.8, 4) is 0 Å². The molecule has 6 heteroatoms. The number of carbonyl (C=O) groups excluding carboxylic acids is 2. The van der Waals surface area contributed by atoms with Gasteiger partial charge in [0.15, 0.2) is 0 Å². The Morgan fingerprint density at radius 1 is 1.45 bits per heavy atom. The van der Waals surface area contributed by atoms with Crippen molar-refractivity contribution < 1.29 is 14.7 Å². The van der Waals surface area contributed by atoms with Crippen LogP contribution in [0.3, 0.4) is 0 Å². The summed E-state index contributed by atoms with van der Waals surface area (Å²) in [7, 11) is 0. The molecule has 2 saturated heterocycles. The highest BCUT2D eigenvalue weighted by Gasteiger charge is 2.52. The summed E-state index contributed by atoms with van der Waals surface area (Å²) in [5.74, 6) is 0.803. The third kappa shape index (κ3) is 3.28. The lowest BCUT2D eigenvalue weighted by Gasteiger charge is -2.29. The third-order valence-electron chi connectivity index (χ3n) is 4.13. The molecule has 0 aliphatic carbocycles. The van der Waals surface area contributed by atoms with Gasteiger partial charge in [-0.3, -0.25) is 9.59 Å². The molecule has 2 rings (SSSR count). The van der Waals surface area contributed by atoms with E-state index in [0.717, 1.165) is 32.1 Å². The fourth-order valence-electron chi connectivity index (χ4n) is 2.93. The second-order valence-corrected chi connectivity index (χ2v) is 7.20. The van der Waals surface area contributed by atoms with E-state index < -0.39 is 0 Å². The van der Waals surface area contributed by atoms with Crippen LogP contribution in [0.1, 0.15) is 45.4 Å². The molecule has 2 unspecified atom stereocenters. The molecule has 2 fully saturated rings. The number of aliphatic hydroxyl groups excluding tert-OH is 1. The van der Waals surface area contributed by atoms with Crippen LogP contribution in [0.2, 0.25) is 0 Å². The van der Waals surface area contributed by atoms with Crippen LogP contribution in [0.15, 0.2) is 0 Å². The fourth-order valence-corrected chi connectivity index (χ4v) is 4.37. The van der Waals surface area contributed by atoms with Crippen molar-refractivity contribution in [1.29, 1.82) is 0 Å². The van der Waals surface area contributed by atoms with Gasteiger partial charge in [0.05, 0.1) is 4.87 Å². The van der Waals surface area contributed by atoms with Crippen LogP contribution in [0.4, 0.5) is 0 Å². The van der Waals surface area contributed by atoms with Crippen LogP contribution in [0.5, 0.6) is 0 Å². The summed E-state index contributed by atoms with van der Waals surface area (Å²) in [6.07, 6.45) is 5.18. The lowest BCUT2D eigenvalue weighted by Crippen LogP contribution is -2.50. The zero-order valence-electron chi connectivity index (χ0n) is 12.1. The van der Waals surface area contributed by atoms with Gasteiger partial charge in [-0.05, 0) is 26.2 Å². The van der Waals surface area contributed by atoms with Crippen molar-refractivity contribution in [3.63, 3.8) is 0 Å². The number of carbonyl (C=O) groups is 2. The molecule has 0 saturated carbocycles. The monoisotopic (exact) mass is 300 g/mol. The van der Waals surface area contributed by atoms with Crippen LogP contribution in [-0.2, 0) is 9.59 Å². The maximum Gasteiger partial charge on any atom is 0.243 e. The topological polar surface area (TPSA) is 69.6 Å². The maximum absolute atomic E-state index is 12.2. The van der Waals surface area contributed by atoms with Crippen LogP contribution in [0.25, 0.3) is 0 Å². The summed E-state index contributed by atoms with van der Waals surface area (Å²) in [5, 5.41) is 11.6. The number of amides is 2. The van der Waals surface area contributed by atoms with Crippen molar-refractivity contribution in [2.75, 3.05) is 18.9 Å². The standard InChI is InChI=1S/C14H24N2O3S/c1-14-7-6-12(18)16(14)11(10-20-14)13(19)15-8-4-2-3-5-9-17/h11,17H,2-10H2,1H3,(H,15,19). The second kappa shape index (κ2) is 6.80. The molecule has 20 heavy (non-hydrogen) atoms. The summed E-state index contributed by atoms with van der Waals surface area (Å²) in [6, 6.07) is -0.294. The van der Waals surface area contributed by atoms with Gasteiger partial charge in [0, 0.05) is 25.3 Å².